The fraction of sp³-hybridized carbons (Fsp3) is 0.0588. The van der Waals surface area contributed by atoms with Crippen LogP contribution in [0.5, 0.6) is 5.75 Å². The first-order chi connectivity index (χ1) is 13.8. The zero-order chi connectivity index (χ0) is 21.0. The molecule has 0 atom stereocenters. The number of nitro benzene ring substituents is 1. The Hall–Kier alpha value is -3.51. The third kappa shape index (κ3) is 4.67. The molecule has 0 fully saturated rings. The van der Waals surface area contributed by atoms with E-state index >= 15 is 0 Å². The molecular formula is C17H14N4O6S2. The van der Waals surface area contributed by atoms with Gasteiger partial charge in [-0.2, -0.15) is 0 Å². The number of nitro groups is 1. The van der Waals surface area contributed by atoms with Gasteiger partial charge in [0.25, 0.3) is 15.9 Å². The highest BCUT2D eigenvalue weighted by molar-refractivity contribution is 7.93. The molecule has 0 saturated heterocycles. The molecule has 3 aromatic rings. The van der Waals surface area contributed by atoms with Crippen LogP contribution in [0, 0.1) is 10.1 Å². The Bertz CT molecular complexity index is 1150. The molecule has 2 N–H and O–H groups in total. The number of carbonyl (C=O) groups excluding carboxylic acids is 1. The summed E-state index contributed by atoms with van der Waals surface area (Å²) in [6, 6.07) is 9.28. The van der Waals surface area contributed by atoms with E-state index in [1.807, 2.05) is 0 Å². The average molecular weight is 434 g/mol. The van der Waals surface area contributed by atoms with Crippen molar-refractivity contribution in [2.24, 2.45) is 0 Å². The van der Waals surface area contributed by atoms with Crippen LogP contribution >= 0.6 is 11.3 Å². The Labute approximate surface area is 169 Å². The smallest absolute Gasteiger partial charge is 0.311 e. The molecule has 29 heavy (non-hydrogen) atoms. The Morgan fingerprint density at radius 1 is 1.21 bits per heavy atom. The van der Waals surface area contributed by atoms with Crippen molar-refractivity contribution in [3.05, 3.63) is 69.7 Å². The maximum Gasteiger partial charge on any atom is 0.311 e. The minimum absolute atomic E-state index is 0.00853. The number of carbonyl (C=O) groups is 1. The monoisotopic (exact) mass is 434 g/mol. The van der Waals surface area contributed by atoms with Crippen LogP contribution in [0.4, 0.5) is 16.5 Å². The van der Waals surface area contributed by atoms with E-state index < -0.39 is 20.9 Å². The number of nitrogens with one attached hydrogen (secondary N) is 2. The van der Waals surface area contributed by atoms with Gasteiger partial charge in [-0.25, -0.2) is 13.4 Å². The quantitative estimate of drug-likeness (QED) is 0.430. The fourth-order valence-electron chi connectivity index (χ4n) is 2.34. The van der Waals surface area contributed by atoms with Gasteiger partial charge in [-0.15, -0.1) is 11.3 Å². The van der Waals surface area contributed by atoms with Gasteiger partial charge in [0.2, 0.25) is 0 Å². The van der Waals surface area contributed by atoms with Crippen LogP contribution in [0.15, 0.2) is 58.9 Å². The zero-order valence-electron chi connectivity index (χ0n) is 14.9. The highest BCUT2D eigenvalue weighted by Crippen LogP contribution is 2.28. The van der Waals surface area contributed by atoms with Crippen molar-refractivity contribution in [3.63, 3.8) is 0 Å². The fourth-order valence-corrected chi connectivity index (χ4v) is 4.13. The number of thiazole rings is 1. The maximum atomic E-state index is 12.4. The average Bonchev–Trinajstić information content (AvgIpc) is 3.20. The first-order valence-corrected chi connectivity index (χ1v) is 10.3. The number of methoxy groups -OCH3 is 1. The predicted molar refractivity (Wildman–Crippen MR) is 107 cm³/mol. The highest BCUT2D eigenvalue weighted by atomic mass is 32.2. The van der Waals surface area contributed by atoms with Crippen molar-refractivity contribution in [1.82, 2.24) is 4.98 Å². The van der Waals surface area contributed by atoms with Gasteiger partial charge in [0.15, 0.2) is 10.9 Å². The van der Waals surface area contributed by atoms with Crippen LogP contribution < -0.4 is 14.8 Å². The van der Waals surface area contributed by atoms with Crippen molar-refractivity contribution in [2.75, 3.05) is 17.1 Å². The summed E-state index contributed by atoms with van der Waals surface area (Å²) in [4.78, 5) is 26.7. The highest BCUT2D eigenvalue weighted by Gasteiger charge is 2.19. The first kappa shape index (κ1) is 20.2. The number of hydrogen-bond acceptors (Lipinski definition) is 8. The van der Waals surface area contributed by atoms with E-state index in [2.05, 4.69) is 15.0 Å². The SMILES string of the molecule is COc1ccc(C(=O)Nc2ccc(S(=O)(=O)Nc3nccs3)cc2)cc1[N+](=O)[O-]. The minimum Gasteiger partial charge on any atom is -0.490 e. The number of aromatic nitrogens is 1. The van der Waals surface area contributed by atoms with E-state index in [0.29, 0.717) is 5.69 Å². The van der Waals surface area contributed by atoms with Crippen molar-refractivity contribution in [2.45, 2.75) is 4.90 Å². The molecule has 0 aliphatic rings. The lowest BCUT2D eigenvalue weighted by Crippen LogP contribution is -2.14. The number of anilines is 2. The standard InChI is InChI=1S/C17H14N4O6S2/c1-27-15-7-2-11(10-14(15)21(23)24)16(22)19-12-3-5-13(6-4-12)29(25,26)20-17-18-8-9-28-17/h2-10H,1H3,(H,18,20)(H,19,22). The molecule has 3 rings (SSSR count). The van der Waals surface area contributed by atoms with Gasteiger partial charge in [0.1, 0.15) is 0 Å². The van der Waals surface area contributed by atoms with Gasteiger partial charge >= 0.3 is 5.69 Å². The van der Waals surface area contributed by atoms with E-state index in [1.54, 1.807) is 5.38 Å². The summed E-state index contributed by atoms with van der Waals surface area (Å²) in [5.41, 5.74) is 0.0381. The molecule has 0 spiro atoms. The summed E-state index contributed by atoms with van der Waals surface area (Å²) in [6.45, 7) is 0. The normalized spacial score (nSPS) is 10.9. The van der Waals surface area contributed by atoms with E-state index in [-0.39, 0.29) is 27.0 Å². The zero-order valence-corrected chi connectivity index (χ0v) is 16.5. The summed E-state index contributed by atoms with van der Waals surface area (Å²) >= 11 is 1.14. The molecule has 0 unspecified atom stereocenters. The summed E-state index contributed by atoms with van der Waals surface area (Å²) in [5, 5.41) is 15.5. The van der Waals surface area contributed by atoms with E-state index in [0.717, 1.165) is 17.4 Å². The number of amides is 1. The van der Waals surface area contributed by atoms with Gasteiger partial charge in [-0.1, -0.05) is 0 Å². The number of hydrogen-bond donors (Lipinski definition) is 2. The molecule has 0 saturated carbocycles. The van der Waals surface area contributed by atoms with E-state index in [4.69, 9.17) is 4.74 Å². The lowest BCUT2D eigenvalue weighted by molar-refractivity contribution is -0.385. The van der Waals surface area contributed by atoms with Crippen LogP contribution in [0.2, 0.25) is 0 Å². The second-order valence-corrected chi connectivity index (χ2v) is 8.14. The third-order valence-corrected chi connectivity index (χ3v) is 5.89. The van der Waals surface area contributed by atoms with Gasteiger partial charge in [-0.05, 0) is 36.4 Å². The number of nitrogens with zero attached hydrogens (tertiary/aromatic N) is 2. The Balaban J connectivity index is 1.75. The van der Waals surface area contributed by atoms with Crippen molar-refractivity contribution in [1.29, 1.82) is 0 Å². The lowest BCUT2D eigenvalue weighted by atomic mass is 10.1. The molecule has 150 valence electrons. The van der Waals surface area contributed by atoms with Gasteiger partial charge in [-0.3, -0.25) is 19.6 Å². The predicted octanol–water partition coefficient (Wildman–Crippen LogP) is 3.11. The molecule has 1 aromatic heterocycles. The van der Waals surface area contributed by atoms with Crippen LogP contribution in [-0.4, -0.2) is 31.3 Å². The summed E-state index contributed by atoms with van der Waals surface area (Å²) in [5.74, 6) is -0.555. The second kappa shape index (κ2) is 8.24. The topological polar surface area (TPSA) is 141 Å². The molecule has 0 bridgehead atoms. The third-order valence-electron chi connectivity index (χ3n) is 3.71. The van der Waals surface area contributed by atoms with Crippen LogP contribution in [0.25, 0.3) is 0 Å². The number of ether oxygens (including phenoxy) is 1. The molecule has 0 aliphatic heterocycles. The number of rotatable bonds is 7. The van der Waals surface area contributed by atoms with Gasteiger partial charge in [0.05, 0.1) is 16.9 Å². The summed E-state index contributed by atoms with van der Waals surface area (Å²) in [6.07, 6.45) is 1.48. The van der Waals surface area contributed by atoms with Crippen LogP contribution in [0.3, 0.4) is 0 Å². The largest absolute Gasteiger partial charge is 0.490 e. The Morgan fingerprint density at radius 3 is 2.52 bits per heavy atom. The molecule has 10 nitrogen and oxygen atoms in total. The number of benzene rings is 2. The molecular weight excluding hydrogens is 420 g/mol. The summed E-state index contributed by atoms with van der Waals surface area (Å²) < 4.78 is 31.9. The van der Waals surface area contributed by atoms with E-state index in [9.17, 15) is 23.3 Å². The lowest BCUT2D eigenvalue weighted by Gasteiger charge is -2.09. The minimum atomic E-state index is -3.81. The molecule has 1 amide bonds. The van der Waals surface area contributed by atoms with Crippen molar-refractivity contribution in [3.8, 4) is 5.75 Å². The van der Waals surface area contributed by atoms with Crippen LogP contribution in [-0.2, 0) is 10.0 Å². The summed E-state index contributed by atoms with van der Waals surface area (Å²) in [7, 11) is -2.51. The van der Waals surface area contributed by atoms with Gasteiger partial charge in [0, 0.05) is 28.9 Å². The first-order valence-electron chi connectivity index (χ1n) is 7.96. The Morgan fingerprint density at radius 2 is 1.93 bits per heavy atom. The van der Waals surface area contributed by atoms with E-state index in [1.165, 1.54) is 49.7 Å². The van der Waals surface area contributed by atoms with Crippen LogP contribution in [0.1, 0.15) is 10.4 Å². The number of sulfonamides is 1. The molecule has 2 aromatic carbocycles. The van der Waals surface area contributed by atoms with Crippen molar-refractivity contribution < 1.29 is 22.9 Å². The molecule has 12 heteroatoms. The molecule has 0 aliphatic carbocycles. The Kier molecular flexibility index (Phi) is 5.75. The maximum absolute atomic E-state index is 12.4. The molecule has 1 heterocycles. The molecule has 0 radical (unpaired) electrons. The van der Waals surface area contributed by atoms with Crippen molar-refractivity contribution >= 4 is 43.8 Å². The second-order valence-electron chi connectivity index (χ2n) is 5.56. The van der Waals surface area contributed by atoms with Gasteiger partial charge < -0.3 is 10.1 Å².